The van der Waals surface area contributed by atoms with E-state index in [-0.39, 0.29) is 5.33 Å². The van der Waals surface area contributed by atoms with Crippen molar-refractivity contribution in [3.05, 3.63) is 0 Å². The Morgan fingerprint density at radius 2 is 1.54 bits per heavy atom. The van der Waals surface area contributed by atoms with Gasteiger partial charge in [-0.3, -0.25) is 14.4 Å². The van der Waals surface area contributed by atoms with Crippen molar-refractivity contribution in [1.82, 2.24) is 0 Å². The van der Waals surface area contributed by atoms with Gasteiger partial charge in [-0.2, -0.15) is 0 Å². The highest BCUT2D eigenvalue weighted by molar-refractivity contribution is 9.09. The quantitative estimate of drug-likeness (QED) is 0.341. The van der Waals surface area contributed by atoms with Crippen molar-refractivity contribution in [2.45, 2.75) is 44.6 Å². The Hall–Kier alpha value is -1.72. The van der Waals surface area contributed by atoms with Crippen LogP contribution < -0.4 is 0 Å². The van der Waals surface area contributed by atoms with Crippen LogP contribution in [-0.2, 0) is 42.9 Å². The Labute approximate surface area is 145 Å². The van der Waals surface area contributed by atoms with Gasteiger partial charge in [0.15, 0.2) is 30.7 Å². The summed E-state index contributed by atoms with van der Waals surface area (Å²) >= 11 is 2.87. The molecule has 0 aromatic carbocycles. The molecule has 0 amide bonds. The number of esters is 4. The molecule has 1 N–H and O–H groups in total. The molecule has 0 unspecified atom stereocenters. The Kier molecular flexibility index (Phi) is 7.58. The van der Waals surface area contributed by atoms with Gasteiger partial charge in [-0.05, 0) is 0 Å². The van der Waals surface area contributed by atoms with E-state index in [1.165, 1.54) is 0 Å². The van der Waals surface area contributed by atoms with Gasteiger partial charge in [0.1, 0.15) is 5.33 Å². The molecule has 1 saturated heterocycles. The van der Waals surface area contributed by atoms with Crippen molar-refractivity contribution in [1.29, 1.82) is 0 Å². The molecule has 11 heteroatoms. The second-order valence-corrected chi connectivity index (χ2v) is 5.27. The molecule has 0 aromatic rings. The van der Waals surface area contributed by atoms with Crippen molar-refractivity contribution in [2.75, 3.05) is 12.4 Å². The number of carbonyl (C=O) groups is 4. The van der Waals surface area contributed by atoms with Crippen LogP contribution >= 0.6 is 15.9 Å². The van der Waals surface area contributed by atoms with Crippen molar-refractivity contribution >= 4 is 39.8 Å². The van der Waals surface area contributed by atoms with Crippen LogP contribution in [0.2, 0.25) is 0 Å². The first-order valence-corrected chi connectivity index (χ1v) is 7.84. The highest BCUT2D eigenvalue weighted by atomic mass is 79.9. The number of hydrogen-bond donors (Lipinski definition) is 1. The third-order valence-electron chi connectivity index (χ3n) is 2.93. The Bertz CT molecular complexity index is 507. The van der Waals surface area contributed by atoms with Crippen LogP contribution in [0.15, 0.2) is 0 Å². The topological polar surface area (TPSA) is 135 Å². The lowest BCUT2D eigenvalue weighted by molar-refractivity contribution is -0.289. The van der Waals surface area contributed by atoms with Crippen molar-refractivity contribution in [3.63, 3.8) is 0 Å². The van der Waals surface area contributed by atoms with Gasteiger partial charge in [0.2, 0.25) is 0 Å². The van der Waals surface area contributed by atoms with Gasteiger partial charge in [-0.25, -0.2) is 4.79 Å². The minimum absolute atomic E-state index is 0.207. The van der Waals surface area contributed by atoms with Gasteiger partial charge in [-0.15, -0.1) is 0 Å². The normalized spacial score (nSPS) is 29.3. The summed E-state index contributed by atoms with van der Waals surface area (Å²) < 4.78 is 24.5. The SMILES string of the molecule is COC(=O)[C@H]1O[C@@H](O)[C@H](OC(=O)CBr)[C@@H](OC(C)=O)[C@@H]1OC(C)=O. The minimum Gasteiger partial charge on any atom is -0.467 e. The summed E-state index contributed by atoms with van der Waals surface area (Å²) in [6.07, 6.45) is -7.84. The molecule has 0 bridgehead atoms. The molecule has 0 spiro atoms. The molecule has 0 aromatic heterocycles. The zero-order chi connectivity index (χ0) is 18.4. The van der Waals surface area contributed by atoms with Crippen LogP contribution in [0.25, 0.3) is 0 Å². The highest BCUT2D eigenvalue weighted by Gasteiger charge is 2.54. The molecule has 5 atom stereocenters. The Morgan fingerprint density at radius 3 is 2.00 bits per heavy atom. The fourth-order valence-corrected chi connectivity index (χ4v) is 2.22. The van der Waals surface area contributed by atoms with Crippen molar-refractivity contribution in [2.24, 2.45) is 0 Å². The number of alkyl halides is 1. The second-order valence-electron chi connectivity index (χ2n) is 4.71. The number of rotatable bonds is 5. The average Bonchev–Trinajstić information content (AvgIpc) is 2.51. The average molecular weight is 413 g/mol. The maximum atomic E-state index is 11.8. The van der Waals surface area contributed by atoms with Gasteiger partial charge in [0, 0.05) is 13.8 Å². The molecule has 1 aliphatic heterocycles. The summed E-state index contributed by atoms with van der Waals surface area (Å²) in [5, 5.41) is 9.80. The summed E-state index contributed by atoms with van der Waals surface area (Å²) in [7, 11) is 1.06. The number of methoxy groups -OCH3 is 1. The van der Waals surface area contributed by atoms with E-state index < -0.39 is 54.6 Å². The van der Waals surface area contributed by atoms with E-state index in [4.69, 9.17) is 18.9 Å². The monoisotopic (exact) mass is 412 g/mol. The summed E-state index contributed by atoms with van der Waals surface area (Å²) in [5.74, 6) is -3.38. The first kappa shape index (κ1) is 20.3. The highest BCUT2D eigenvalue weighted by Crippen LogP contribution is 2.28. The molecule has 1 fully saturated rings. The fraction of sp³-hybridized carbons (Fsp3) is 0.692. The van der Waals surface area contributed by atoms with E-state index in [2.05, 4.69) is 20.7 Å². The molecule has 1 heterocycles. The lowest BCUT2D eigenvalue weighted by atomic mass is 9.98. The molecular weight excluding hydrogens is 396 g/mol. The van der Waals surface area contributed by atoms with Gasteiger partial charge < -0.3 is 28.8 Å². The fourth-order valence-electron chi connectivity index (χ4n) is 2.09. The molecule has 0 saturated carbocycles. The van der Waals surface area contributed by atoms with Gasteiger partial charge >= 0.3 is 23.9 Å². The number of halogens is 1. The van der Waals surface area contributed by atoms with Crippen LogP contribution in [0.4, 0.5) is 0 Å². The standard InChI is InChI=1S/C13H17BrO10/c1-5(15)21-8-9(22-6(2)16)11(23-7(17)4-14)13(19)24-10(8)12(18)20-3/h8-11,13,19H,4H2,1-3H3/t8-,9-,10-,11+,13+/m0/s1. The van der Waals surface area contributed by atoms with Gasteiger partial charge in [0.05, 0.1) is 7.11 Å². The molecule has 0 radical (unpaired) electrons. The number of ether oxygens (including phenoxy) is 5. The van der Waals surface area contributed by atoms with E-state index in [0.29, 0.717) is 0 Å². The van der Waals surface area contributed by atoms with Crippen LogP contribution in [-0.4, -0.2) is 72.1 Å². The molecule has 10 nitrogen and oxygen atoms in total. The van der Waals surface area contributed by atoms with Gasteiger partial charge in [0.25, 0.3) is 0 Å². The third kappa shape index (κ3) is 5.14. The van der Waals surface area contributed by atoms with Crippen LogP contribution in [0, 0.1) is 0 Å². The molecule has 24 heavy (non-hydrogen) atoms. The Morgan fingerprint density at radius 1 is 1.00 bits per heavy atom. The second kappa shape index (κ2) is 8.94. The van der Waals surface area contributed by atoms with Gasteiger partial charge in [-0.1, -0.05) is 15.9 Å². The Balaban J connectivity index is 3.21. The number of carbonyl (C=O) groups excluding carboxylic acids is 4. The van der Waals surface area contributed by atoms with E-state index in [1.54, 1.807) is 0 Å². The van der Waals surface area contributed by atoms with Crippen LogP contribution in [0.1, 0.15) is 13.8 Å². The molecule has 1 aliphatic rings. The zero-order valence-corrected chi connectivity index (χ0v) is 14.7. The molecular formula is C13H17BrO10. The minimum atomic E-state index is -1.81. The number of aliphatic hydroxyl groups excluding tert-OH is 1. The molecule has 1 rings (SSSR count). The third-order valence-corrected chi connectivity index (χ3v) is 3.39. The predicted octanol–water partition coefficient (Wildman–Crippen LogP) is -0.953. The largest absolute Gasteiger partial charge is 0.467 e. The van der Waals surface area contributed by atoms with E-state index in [0.717, 1.165) is 21.0 Å². The van der Waals surface area contributed by atoms with Crippen molar-refractivity contribution in [3.8, 4) is 0 Å². The van der Waals surface area contributed by atoms with Crippen molar-refractivity contribution < 1.29 is 48.0 Å². The van der Waals surface area contributed by atoms with Crippen LogP contribution in [0.3, 0.4) is 0 Å². The first-order chi connectivity index (χ1) is 11.2. The first-order valence-electron chi connectivity index (χ1n) is 6.72. The lowest BCUT2D eigenvalue weighted by Crippen LogP contribution is -2.63. The predicted molar refractivity (Wildman–Crippen MR) is 77.7 cm³/mol. The summed E-state index contributed by atoms with van der Waals surface area (Å²) in [6, 6.07) is 0. The van der Waals surface area contributed by atoms with E-state index in [1.807, 2.05) is 0 Å². The maximum Gasteiger partial charge on any atom is 0.339 e. The molecule has 0 aliphatic carbocycles. The number of hydrogen-bond acceptors (Lipinski definition) is 10. The lowest BCUT2D eigenvalue weighted by Gasteiger charge is -2.41. The van der Waals surface area contributed by atoms with E-state index >= 15 is 0 Å². The smallest absolute Gasteiger partial charge is 0.339 e. The summed E-state index contributed by atoms with van der Waals surface area (Å²) in [4.78, 5) is 46.0. The van der Waals surface area contributed by atoms with E-state index in [9.17, 15) is 24.3 Å². The summed E-state index contributed by atoms with van der Waals surface area (Å²) in [5.41, 5.74) is 0. The maximum absolute atomic E-state index is 11.8. The number of aliphatic hydroxyl groups is 1. The molecule has 136 valence electrons. The zero-order valence-electron chi connectivity index (χ0n) is 13.1. The van der Waals surface area contributed by atoms with Crippen LogP contribution in [0.5, 0.6) is 0 Å². The summed E-state index contributed by atoms with van der Waals surface area (Å²) in [6.45, 7) is 2.12.